The first-order chi connectivity index (χ1) is 11.5. The van der Waals surface area contributed by atoms with E-state index in [2.05, 4.69) is 41.9 Å². The van der Waals surface area contributed by atoms with Gasteiger partial charge in [-0.3, -0.25) is 15.2 Å². The molecule has 7 nitrogen and oxygen atoms in total. The number of carbonyl (C=O) groups excluding carboxylic acids is 1. The second-order valence-corrected chi connectivity index (χ2v) is 5.34. The number of pyridine rings is 1. The zero-order valence-corrected chi connectivity index (χ0v) is 13.3. The minimum Gasteiger partial charge on any atom is -0.313 e. The number of carbonyl (C=O) groups is 1. The molecule has 1 amide bonds. The number of aromatic nitrogens is 3. The number of hydrogen-bond donors (Lipinski definition) is 2. The van der Waals surface area contributed by atoms with Crippen LogP contribution in [0.4, 0.5) is 14.8 Å². The monoisotopic (exact) mass is 395 g/mol. The molecule has 0 spiro atoms. The highest BCUT2D eigenvalue weighted by atomic mass is 79.9. The summed E-state index contributed by atoms with van der Waals surface area (Å²) in [6, 6.07) is 4.93. The predicted octanol–water partition coefficient (Wildman–Crippen LogP) is 2.93. The highest BCUT2D eigenvalue weighted by Crippen LogP contribution is 2.21. The second kappa shape index (κ2) is 6.71. The van der Waals surface area contributed by atoms with E-state index in [9.17, 15) is 13.6 Å². The second-order valence-electron chi connectivity index (χ2n) is 4.48. The van der Waals surface area contributed by atoms with Gasteiger partial charge < -0.3 is 4.52 Å². The molecule has 3 aromatic rings. The first-order valence-electron chi connectivity index (χ1n) is 6.49. The summed E-state index contributed by atoms with van der Waals surface area (Å²) in [5, 5.41) is 3.73. The maximum Gasteiger partial charge on any atom is 0.340 e. The molecule has 3 rings (SSSR count). The Morgan fingerprint density at radius 2 is 1.88 bits per heavy atom. The number of benzene rings is 1. The highest BCUT2D eigenvalue weighted by molar-refractivity contribution is 9.10. The maximum atomic E-state index is 13.2. The molecule has 0 radical (unpaired) electrons. The maximum absolute atomic E-state index is 13.2. The molecule has 0 atom stereocenters. The van der Waals surface area contributed by atoms with Crippen LogP contribution in [-0.2, 0) is 0 Å². The van der Waals surface area contributed by atoms with E-state index in [0.717, 1.165) is 12.1 Å². The van der Waals surface area contributed by atoms with Crippen LogP contribution in [-0.4, -0.2) is 21.0 Å². The third-order valence-electron chi connectivity index (χ3n) is 2.90. The van der Waals surface area contributed by atoms with Crippen molar-refractivity contribution in [2.75, 3.05) is 5.43 Å². The van der Waals surface area contributed by atoms with Crippen LogP contribution in [0.2, 0.25) is 0 Å². The van der Waals surface area contributed by atoms with E-state index < -0.39 is 17.5 Å². The Balaban J connectivity index is 1.69. The van der Waals surface area contributed by atoms with Crippen molar-refractivity contribution in [3.63, 3.8) is 0 Å². The van der Waals surface area contributed by atoms with E-state index in [1.807, 2.05) is 0 Å². The van der Waals surface area contributed by atoms with E-state index in [1.54, 1.807) is 24.5 Å². The Hall–Kier alpha value is -2.88. The molecule has 122 valence electrons. The molecule has 2 aromatic heterocycles. The third-order valence-corrected chi connectivity index (χ3v) is 3.56. The van der Waals surface area contributed by atoms with Crippen LogP contribution in [0.3, 0.4) is 0 Å². The fourth-order valence-electron chi connectivity index (χ4n) is 1.77. The first kappa shape index (κ1) is 16.0. The topological polar surface area (TPSA) is 92.9 Å². The van der Waals surface area contributed by atoms with Crippen LogP contribution in [0, 0.1) is 11.6 Å². The van der Waals surface area contributed by atoms with Gasteiger partial charge in [0.15, 0.2) is 11.6 Å². The number of amides is 1. The number of halogens is 3. The largest absolute Gasteiger partial charge is 0.340 e. The molecule has 2 heterocycles. The van der Waals surface area contributed by atoms with Crippen LogP contribution >= 0.6 is 15.9 Å². The zero-order chi connectivity index (χ0) is 17.1. The summed E-state index contributed by atoms with van der Waals surface area (Å²) in [6.07, 6.45) is 3.14. The Bertz CT molecular complexity index is 888. The molecule has 0 saturated carbocycles. The van der Waals surface area contributed by atoms with E-state index >= 15 is 0 Å². The Morgan fingerprint density at radius 1 is 1.17 bits per heavy atom. The molecular weight excluding hydrogens is 388 g/mol. The molecule has 1 aromatic carbocycles. The number of nitrogens with zero attached hydrogens (tertiary/aromatic N) is 3. The first-order valence-corrected chi connectivity index (χ1v) is 7.29. The molecule has 0 aliphatic carbocycles. The number of nitrogens with one attached hydrogen (secondary N) is 2. The third kappa shape index (κ3) is 3.38. The van der Waals surface area contributed by atoms with Crippen LogP contribution in [0.25, 0.3) is 11.4 Å². The van der Waals surface area contributed by atoms with Gasteiger partial charge in [0, 0.05) is 22.4 Å². The summed E-state index contributed by atoms with van der Waals surface area (Å²) >= 11 is 2.99. The Kier molecular flexibility index (Phi) is 4.47. The van der Waals surface area contributed by atoms with Gasteiger partial charge in [-0.2, -0.15) is 4.98 Å². The Morgan fingerprint density at radius 3 is 2.62 bits per heavy atom. The van der Waals surface area contributed by atoms with E-state index in [1.165, 1.54) is 0 Å². The van der Waals surface area contributed by atoms with Crippen molar-refractivity contribution in [1.82, 2.24) is 20.6 Å². The Labute approximate surface area is 142 Å². The number of rotatable bonds is 4. The minimum atomic E-state index is -1.14. The highest BCUT2D eigenvalue weighted by Gasteiger charge is 2.15. The van der Waals surface area contributed by atoms with Crippen LogP contribution in [0.1, 0.15) is 10.4 Å². The van der Waals surface area contributed by atoms with E-state index in [-0.39, 0.29) is 16.1 Å². The average molecular weight is 396 g/mol. The van der Waals surface area contributed by atoms with Crippen molar-refractivity contribution in [2.24, 2.45) is 0 Å². The lowest BCUT2D eigenvalue weighted by Crippen LogP contribution is -2.30. The fraction of sp³-hybridized carbons (Fsp3) is 0. The van der Waals surface area contributed by atoms with Gasteiger partial charge in [0.2, 0.25) is 5.82 Å². The van der Waals surface area contributed by atoms with Gasteiger partial charge in [0.05, 0.1) is 5.56 Å². The van der Waals surface area contributed by atoms with Crippen molar-refractivity contribution >= 4 is 27.9 Å². The van der Waals surface area contributed by atoms with Crippen LogP contribution in [0.5, 0.6) is 0 Å². The lowest BCUT2D eigenvalue weighted by Gasteiger charge is -2.06. The lowest BCUT2D eigenvalue weighted by atomic mass is 10.2. The molecule has 0 bridgehead atoms. The van der Waals surface area contributed by atoms with E-state index in [4.69, 9.17) is 4.52 Å². The van der Waals surface area contributed by atoms with Gasteiger partial charge in [-0.05, 0) is 40.2 Å². The number of hydrogen-bond acceptors (Lipinski definition) is 6. The van der Waals surface area contributed by atoms with Gasteiger partial charge >= 0.3 is 6.01 Å². The lowest BCUT2D eigenvalue weighted by molar-refractivity contribution is 0.0959. The summed E-state index contributed by atoms with van der Waals surface area (Å²) in [4.78, 5) is 19.9. The molecule has 24 heavy (non-hydrogen) atoms. The fourth-order valence-corrected chi connectivity index (χ4v) is 2.26. The molecule has 0 aliphatic rings. The summed E-state index contributed by atoms with van der Waals surface area (Å²) in [6.45, 7) is 0. The molecule has 0 aliphatic heterocycles. The van der Waals surface area contributed by atoms with Gasteiger partial charge in [-0.25, -0.2) is 14.2 Å². The molecule has 0 fully saturated rings. The van der Waals surface area contributed by atoms with Crippen molar-refractivity contribution in [1.29, 1.82) is 0 Å². The summed E-state index contributed by atoms with van der Waals surface area (Å²) in [5.41, 5.74) is 5.23. The van der Waals surface area contributed by atoms with Gasteiger partial charge in [-0.15, -0.1) is 0 Å². The van der Waals surface area contributed by atoms with Gasteiger partial charge in [0.25, 0.3) is 5.91 Å². The van der Waals surface area contributed by atoms with Gasteiger partial charge in [-0.1, -0.05) is 5.16 Å². The predicted molar refractivity (Wildman–Crippen MR) is 82.7 cm³/mol. The zero-order valence-electron chi connectivity index (χ0n) is 11.8. The van der Waals surface area contributed by atoms with Crippen LogP contribution in [0.15, 0.2) is 45.7 Å². The average Bonchev–Trinajstić information content (AvgIpc) is 3.06. The molecule has 0 unspecified atom stereocenters. The SMILES string of the molecule is O=C(NNc1nc(-c2ccncc2)no1)c1cc(F)c(F)cc1Br. The normalized spacial score (nSPS) is 10.5. The quantitative estimate of drug-likeness (QED) is 0.521. The molecular formula is C14H8BrF2N5O2. The standard InChI is InChI=1S/C14H8BrF2N5O2/c15-9-6-11(17)10(16)5-8(9)13(23)20-21-14-19-12(22-24-14)7-1-3-18-4-2-7/h1-6H,(H,20,23)(H,19,21,22). The van der Waals surface area contributed by atoms with Gasteiger partial charge in [0.1, 0.15) is 0 Å². The molecule has 2 N–H and O–H groups in total. The number of hydrazine groups is 1. The van der Waals surface area contributed by atoms with Crippen molar-refractivity contribution in [2.45, 2.75) is 0 Å². The molecule has 0 saturated heterocycles. The molecule has 10 heteroatoms. The minimum absolute atomic E-state index is 0.0751. The number of anilines is 1. The van der Waals surface area contributed by atoms with Crippen molar-refractivity contribution in [3.8, 4) is 11.4 Å². The summed E-state index contributed by atoms with van der Waals surface area (Å²) in [7, 11) is 0. The summed E-state index contributed by atoms with van der Waals surface area (Å²) < 4.78 is 31.3. The smallest absolute Gasteiger partial charge is 0.313 e. The summed E-state index contributed by atoms with van der Waals surface area (Å²) in [5.74, 6) is -2.63. The van der Waals surface area contributed by atoms with Crippen molar-refractivity contribution in [3.05, 3.63) is 58.3 Å². The van der Waals surface area contributed by atoms with E-state index in [0.29, 0.717) is 11.4 Å². The van der Waals surface area contributed by atoms with Crippen molar-refractivity contribution < 1.29 is 18.1 Å². The van der Waals surface area contributed by atoms with Crippen LogP contribution < -0.4 is 10.9 Å².